The van der Waals surface area contributed by atoms with E-state index in [2.05, 4.69) is 158 Å². The van der Waals surface area contributed by atoms with Crippen LogP contribution in [0.2, 0.25) is 0 Å². The van der Waals surface area contributed by atoms with E-state index in [1.54, 1.807) is 0 Å². The van der Waals surface area contributed by atoms with Crippen LogP contribution in [0, 0.1) is 0 Å². The highest BCUT2D eigenvalue weighted by Gasteiger charge is 2.17. The maximum absolute atomic E-state index is 2.31. The normalized spacial score (nSPS) is 11.8. The predicted molar refractivity (Wildman–Crippen MR) is 181 cm³/mol. The van der Waals surface area contributed by atoms with Gasteiger partial charge in [-0.2, -0.15) is 0 Å². The van der Waals surface area contributed by atoms with Gasteiger partial charge in [0.05, 0.1) is 0 Å². The molecule has 0 N–H and O–H groups in total. The summed E-state index contributed by atoms with van der Waals surface area (Å²) < 4.78 is 0. The van der Waals surface area contributed by atoms with E-state index in [-0.39, 0.29) is 0 Å². The molecule has 0 aromatic heterocycles. The van der Waals surface area contributed by atoms with Crippen LogP contribution in [0.5, 0.6) is 0 Å². The molecule has 0 spiro atoms. The third-order valence-electron chi connectivity index (χ3n) is 9.01. The molecule has 0 amide bonds. The molecule has 0 atom stereocenters. The summed E-state index contributed by atoms with van der Waals surface area (Å²) >= 11 is 0. The number of hydrogen-bond acceptors (Lipinski definition) is 0. The Kier molecular flexibility index (Phi) is 5.00. The summed E-state index contributed by atoms with van der Waals surface area (Å²) in [6, 6.07) is 58.0. The molecule has 0 aliphatic carbocycles. The number of rotatable bonds is 3. The summed E-state index contributed by atoms with van der Waals surface area (Å²) in [5.41, 5.74) is 7.61. The van der Waals surface area contributed by atoms with Gasteiger partial charge in [-0.25, -0.2) is 0 Å². The van der Waals surface area contributed by atoms with E-state index in [0.717, 1.165) is 0 Å². The average molecular weight is 531 g/mol. The van der Waals surface area contributed by atoms with Crippen molar-refractivity contribution in [3.63, 3.8) is 0 Å². The molecule has 9 aromatic rings. The predicted octanol–water partition coefficient (Wildman–Crippen LogP) is 11.9. The second-order valence-corrected chi connectivity index (χ2v) is 11.3. The third kappa shape index (κ3) is 3.36. The lowest BCUT2D eigenvalue weighted by atomic mass is 9.85. The Morgan fingerprint density at radius 1 is 0.238 bits per heavy atom. The molecule has 0 fully saturated rings. The molecule has 0 radical (unpaired) electrons. The van der Waals surface area contributed by atoms with Crippen molar-refractivity contribution in [2.75, 3.05) is 0 Å². The van der Waals surface area contributed by atoms with Gasteiger partial charge >= 0.3 is 0 Å². The van der Waals surface area contributed by atoms with Gasteiger partial charge in [-0.15, -0.1) is 0 Å². The van der Waals surface area contributed by atoms with E-state index in [9.17, 15) is 0 Å². The molecule has 42 heavy (non-hydrogen) atoms. The van der Waals surface area contributed by atoms with Gasteiger partial charge in [0.2, 0.25) is 0 Å². The van der Waals surface area contributed by atoms with E-state index in [1.807, 2.05) is 0 Å². The van der Waals surface area contributed by atoms with E-state index < -0.39 is 0 Å². The number of benzene rings is 9. The summed E-state index contributed by atoms with van der Waals surface area (Å²) in [5, 5.41) is 13.1. The standard InChI is InChI=1S/C42H26/c1-2-9-28(10-3-1)40-34-13-4-6-15-36(34)41(37-16-7-5-14-35(37)40)31-19-17-27(18-20-31)33-25-23-32-22-21-29-11-8-12-30-24-26-38(33)42(32)39(29)30/h1-26H. The molecule has 0 aliphatic rings. The lowest BCUT2D eigenvalue weighted by Crippen LogP contribution is -1.91. The molecule has 0 bridgehead atoms. The molecule has 0 nitrogen and oxygen atoms in total. The first kappa shape index (κ1) is 23.3. The number of hydrogen-bond donors (Lipinski definition) is 0. The van der Waals surface area contributed by atoms with Crippen LogP contribution in [0.3, 0.4) is 0 Å². The van der Waals surface area contributed by atoms with Crippen molar-refractivity contribution in [3.05, 3.63) is 158 Å². The van der Waals surface area contributed by atoms with Crippen LogP contribution in [-0.2, 0) is 0 Å². The largest absolute Gasteiger partial charge is 0.0622 e. The highest BCUT2D eigenvalue weighted by molar-refractivity contribution is 6.25. The highest BCUT2D eigenvalue weighted by Crippen LogP contribution is 2.44. The minimum atomic E-state index is 1.24. The minimum Gasteiger partial charge on any atom is -0.0622 e. The van der Waals surface area contributed by atoms with Gasteiger partial charge in [-0.3, -0.25) is 0 Å². The van der Waals surface area contributed by atoms with Gasteiger partial charge in [0.15, 0.2) is 0 Å². The maximum atomic E-state index is 2.31. The van der Waals surface area contributed by atoms with E-state index in [0.29, 0.717) is 0 Å². The molecule has 0 heteroatoms. The van der Waals surface area contributed by atoms with Crippen molar-refractivity contribution in [1.29, 1.82) is 0 Å². The van der Waals surface area contributed by atoms with Crippen LogP contribution in [0.15, 0.2) is 158 Å². The quantitative estimate of drug-likeness (QED) is 0.157. The van der Waals surface area contributed by atoms with E-state index >= 15 is 0 Å². The Hall–Kier alpha value is -5.46. The Morgan fingerprint density at radius 2 is 0.690 bits per heavy atom. The van der Waals surface area contributed by atoms with Crippen molar-refractivity contribution in [1.82, 2.24) is 0 Å². The third-order valence-corrected chi connectivity index (χ3v) is 9.01. The molecular weight excluding hydrogens is 504 g/mol. The Bertz CT molecular complexity index is 2360. The Morgan fingerprint density at radius 3 is 1.29 bits per heavy atom. The first-order valence-corrected chi connectivity index (χ1v) is 14.6. The summed E-state index contributed by atoms with van der Waals surface area (Å²) in [6.45, 7) is 0. The molecule has 0 heterocycles. The zero-order valence-electron chi connectivity index (χ0n) is 23.0. The second kappa shape index (κ2) is 9.03. The van der Waals surface area contributed by atoms with Gasteiger partial charge in [0.25, 0.3) is 0 Å². The van der Waals surface area contributed by atoms with Gasteiger partial charge in [-0.1, -0.05) is 158 Å². The van der Waals surface area contributed by atoms with Crippen molar-refractivity contribution in [2.24, 2.45) is 0 Å². The van der Waals surface area contributed by atoms with Crippen LogP contribution < -0.4 is 0 Å². The van der Waals surface area contributed by atoms with E-state index in [1.165, 1.54) is 87.2 Å². The second-order valence-electron chi connectivity index (χ2n) is 11.3. The van der Waals surface area contributed by atoms with Crippen LogP contribution >= 0.6 is 0 Å². The van der Waals surface area contributed by atoms with Crippen molar-refractivity contribution in [2.45, 2.75) is 0 Å². The molecular formula is C42H26. The zero-order valence-corrected chi connectivity index (χ0v) is 23.0. The fourth-order valence-electron chi connectivity index (χ4n) is 7.16. The first-order valence-electron chi connectivity index (χ1n) is 14.6. The van der Waals surface area contributed by atoms with Gasteiger partial charge in [0, 0.05) is 0 Å². The topological polar surface area (TPSA) is 0 Å². The Balaban J connectivity index is 1.26. The molecule has 9 aromatic carbocycles. The van der Waals surface area contributed by atoms with Crippen molar-refractivity contribution >= 4 is 53.9 Å². The lowest BCUT2D eigenvalue weighted by Gasteiger charge is -2.18. The molecule has 9 rings (SSSR count). The van der Waals surface area contributed by atoms with Crippen molar-refractivity contribution < 1.29 is 0 Å². The summed E-state index contributed by atoms with van der Waals surface area (Å²) in [6.07, 6.45) is 0. The summed E-state index contributed by atoms with van der Waals surface area (Å²) in [7, 11) is 0. The highest BCUT2D eigenvalue weighted by atomic mass is 14.2. The molecule has 194 valence electrons. The van der Waals surface area contributed by atoms with Gasteiger partial charge < -0.3 is 0 Å². The van der Waals surface area contributed by atoms with Crippen LogP contribution in [0.4, 0.5) is 0 Å². The molecule has 0 saturated carbocycles. The first-order chi connectivity index (χ1) is 20.8. The smallest absolute Gasteiger partial charge is 0.00206 e. The monoisotopic (exact) mass is 530 g/mol. The van der Waals surface area contributed by atoms with Gasteiger partial charge in [-0.05, 0) is 87.2 Å². The van der Waals surface area contributed by atoms with Crippen LogP contribution in [0.1, 0.15) is 0 Å². The van der Waals surface area contributed by atoms with Crippen molar-refractivity contribution in [3.8, 4) is 33.4 Å². The van der Waals surface area contributed by atoms with Gasteiger partial charge in [0.1, 0.15) is 0 Å². The zero-order chi connectivity index (χ0) is 27.6. The lowest BCUT2D eigenvalue weighted by molar-refractivity contribution is 1.64. The Labute approximate surface area is 244 Å². The van der Waals surface area contributed by atoms with E-state index in [4.69, 9.17) is 0 Å². The SMILES string of the molecule is c1ccc(-c2c3ccccc3c(-c3ccc(-c4ccc5ccc6cccc7ccc4c5c67)cc3)c3ccccc23)cc1. The summed E-state index contributed by atoms with van der Waals surface area (Å²) in [4.78, 5) is 0. The molecule has 0 aliphatic heterocycles. The molecule has 0 saturated heterocycles. The number of fused-ring (bicyclic) bond motifs is 2. The van der Waals surface area contributed by atoms with Crippen LogP contribution in [0.25, 0.3) is 87.2 Å². The fraction of sp³-hybridized carbons (Fsp3) is 0. The minimum absolute atomic E-state index is 1.24. The fourth-order valence-corrected chi connectivity index (χ4v) is 7.16. The average Bonchev–Trinajstić information content (AvgIpc) is 3.06. The summed E-state index contributed by atoms with van der Waals surface area (Å²) in [5.74, 6) is 0. The maximum Gasteiger partial charge on any atom is -0.00206 e. The van der Waals surface area contributed by atoms with Crippen LogP contribution in [-0.4, -0.2) is 0 Å². The molecule has 0 unspecified atom stereocenters.